The van der Waals surface area contributed by atoms with Gasteiger partial charge in [-0.25, -0.2) is 9.97 Å². The number of aromatic nitrogens is 5. The van der Waals surface area contributed by atoms with Gasteiger partial charge in [-0.15, -0.1) is 0 Å². The van der Waals surface area contributed by atoms with E-state index in [4.69, 9.17) is 0 Å². The number of pyridine rings is 1. The van der Waals surface area contributed by atoms with Crippen molar-refractivity contribution in [3.63, 3.8) is 0 Å². The summed E-state index contributed by atoms with van der Waals surface area (Å²) in [5, 5.41) is 7.42. The molecule has 3 aromatic rings. The molecule has 0 amide bonds. The van der Waals surface area contributed by atoms with Gasteiger partial charge in [-0.3, -0.25) is 0 Å². The van der Waals surface area contributed by atoms with Gasteiger partial charge < -0.3 is 10.2 Å². The third-order valence-corrected chi connectivity index (χ3v) is 4.58. The first-order valence-corrected chi connectivity index (χ1v) is 8.63. The largest absolute Gasteiger partial charge is 0.433 e. The second-order valence-corrected chi connectivity index (χ2v) is 6.54. The molecular formula is C17H18F3N7. The molecule has 0 aliphatic carbocycles. The molecule has 0 spiro atoms. The Balaban J connectivity index is 1.52. The van der Waals surface area contributed by atoms with Crippen LogP contribution in [-0.2, 0) is 6.18 Å². The zero-order chi connectivity index (χ0) is 19.0. The van der Waals surface area contributed by atoms with Gasteiger partial charge in [0.15, 0.2) is 5.69 Å². The lowest BCUT2D eigenvalue weighted by Gasteiger charge is -2.34. The Hall–Kier alpha value is -2.91. The van der Waals surface area contributed by atoms with E-state index in [9.17, 15) is 13.2 Å². The number of nitrogens with zero attached hydrogens (tertiary/aromatic N) is 6. The average molecular weight is 377 g/mol. The van der Waals surface area contributed by atoms with E-state index in [2.05, 4.69) is 25.4 Å². The molecule has 1 aliphatic heterocycles. The Labute approximate surface area is 153 Å². The van der Waals surface area contributed by atoms with Gasteiger partial charge in [0.25, 0.3) is 5.78 Å². The van der Waals surface area contributed by atoms with Crippen LogP contribution in [0.5, 0.6) is 0 Å². The number of piperidine rings is 1. The van der Waals surface area contributed by atoms with E-state index in [1.807, 2.05) is 30.0 Å². The Morgan fingerprint density at radius 1 is 1.15 bits per heavy atom. The number of rotatable bonds is 3. The summed E-state index contributed by atoms with van der Waals surface area (Å²) in [6.07, 6.45) is -1.77. The fourth-order valence-electron chi connectivity index (χ4n) is 3.25. The topological polar surface area (TPSA) is 71.2 Å². The molecule has 7 nitrogen and oxygen atoms in total. The highest BCUT2D eigenvalue weighted by atomic mass is 19.4. The van der Waals surface area contributed by atoms with Crippen molar-refractivity contribution in [2.45, 2.75) is 32.0 Å². The fraction of sp³-hybridized carbons (Fsp3) is 0.412. The zero-order valence-corrected chi connectivity index (χ0v) is 14.6. The zero-order valence-electron chi connectivity index (χ0n) is 14.6. The smallest absolute Gasteiger partial charge is 0.367 e. The monoisotopic (exact) mass is 377 g/mol. The maximum atomic E-state index is 13.2. The molecule has 1 aliphatic rings. The number of halogens is 3. The number of hydrogen-bond donors (Lipinski definition) is 1. The summed E-state index contributed by atoms with van der Waals surface area (Å²) in [5.74, 6) is 1.12. The van der Waals surface area contributed by atoms with Crippen LogP contribution in [-0.4, -0.2) is 43.7 Å². The Morgan fingerprint density at radius 2 is 1.93 bits per heavy atom. The van der Waals surface area contributed by atoms with Gasteiger partial charge in [-0.05, 0) is 31.9 Å². The minimum absolute atomic E-state index is 0.0518. The van der Waals surface area contributed by atoms with E-state index in [1.165, 1.54) is 10.8 Å². The number of aryl methyl sites for hydroxylation is 1. The van der Waals surface area contributed by atoms with Crippen molar-refractivity contribution >= 4 is 17.4 Å². The molecule has 0 bridgehead atoms. The Morgan fingerprint density at radius 3 is 2.63 bits per heavy atom. The molecule has 0 aromatic carbocycles. The van der Waals surface area contributed by atoms with E-state index in [1.54, 1.807) is 0 Å². The molecular weight excluding hydrogens is 359 g/mol. The van der Waals surface area contributed by atoms with Crippen LogP contribution >= 0.6 is 0 Å². The number of hydrogen-bond acceptors (Lipinski definition) is 6. The Kier molecular flexibility index (Phi) is 4.33. The minimum Gasteiger partial charge on any atom is -0.367 e. The maximum Gasteiger partial charge on any atom is 0.433 e. The standard InChI is InChI=1S/C17H18F3N7/c1-11-3-2-4-14(23-11)24-12-5-7-26(8-6-12)15-9-13(17(18,19)20)25-16-21-10-22-27(15)16/h2-4,9-10,12H,5-8H2,1H3,(H,23,24). The van der Waals surface area contributed by atoms with Gasteiger partial charge in [0.05, 0.1) is 0 Å². The second-order valence-electron chi connectivity index (χ2n) is 6.54. The minimum atomic E-state index is -4.53. The molecule has 27 heavy (non-hydrogen) atoms. The molecule has 1 fully saturated rings. The molecule has 4 rings (SSSR count). The van der Waals surface area contributed by atoms with Crippen molar-refractivity contribution in [3.8, 4) is 0 Å². The van der Waals surface area contributed by atoms with Crippen LogP contribution in [0.25, 0.3) is 5.78 Å². The SMILES string of the molecule is Cc1cccc(NC2CCN(c3cc(C(F)(F)F)nc4ncnn34)CC2)n1. The predicted octanol–water partition coefficient (Wildman–Crippen LogP) is 2.93. The lowest BCUT2D eigenvalue weighted by Crippen LogP contribution is -2.40. The van der Waals surface area contributed by atoms with Crippen LogP contribution in [0.4, 0.5) is 24.8 Å². The van der Waals surface area contributed by atoms with Crippen LogP contribution in [0.2, 0.25) is 0 Å². The van der Waals surface area contributed by atoms with E-state index in [-0.39, 0.29) is 11.8 Å². The fourth-order valence-corrected chi connectivity index (χ4v) is 3.25. The highest BCUT2D eigenvalue weighted by molar-refractivity contribution is 5.48. The number of anilines is 2. The van der Waals surface area contributed by atoms with Crippen molar-refractivity contribution in [1.29, 1.82) is 0 Å². The van der Waals surface area contributed by atoms with Gasteiger partial charge in [0.2, 0.25) is 0 Å². The van der Waals surface area contributed by atoms with Crippen LogP contribution in [0.3, 0.4) is 0 Å². The molecule has 142 valence electrons. The van der Waals surface area contributed by atoms with Crippen molar-refractivity contribution in [1.82, 2.24) is 24.6 Å². The number of fused-ring (bicyclic) bond motifs is 1. The third kappa shape index (κ3) is 3.64. The Bertz CT molecular complexity index is 945. The van der Waals surface area contributed by atoms with Gasteiger partial charge >= 0.3 is 6.18 Å². The normalized spacial score (nSPS) is 16.1. The van der Waals surface area contributed by atoms with Crippen LogP contribution < -0.4 is 10.2 Å². The number of nitrogens with one attached hydrogen (secondary N) is 1. The molecule has 0 atom stereocenters. The first-order valence-electron chi connectivity index (χ1n) is 8.63. The van der Waals surface area contributed by atoms with Crippen molar-refractivity contribution in [3.05, 3.63) is 42.0 Å². The van der Waals surface area contributed by atoms with Crippen molar-refractivity contribution in [2.24, 2.45) is 0 Å². The molecule has 0 unspecified atom stereocenters. The average Bonchev–Trinajstić information content (AvgIpc) is 3.10. The molecule has 1 N–H and O–H groups in total. The van der Waals surface area contributed by atoms with Crippen LogP contribution in [0, 0.1) is 6.92 Å². The second kappa shape index (κ2) is 6.67. The van der Waals surface area contributed by atoms with Gasteiger partial charge in [0, 0.05) is 30.9 Å². The first-order chi connectivity index (χ1) is 12.9. The van der Waals surface area contributed by atoms with Gasteiger partial charge in [-0.1, -0.05) is 6.07 Å². The van der Waals surface area contributed by atoms with E-state index >= 15 is 0 Å². The van der Waals surface area contributed by atoms with Crippen LogP contribution in [0.1, 0.15) is 24.2 Å². The summed E-state index contributed by atoms with van der Waals surface area (Å²) in [5.41, 5.74) is -0.0234. The summed E-state index contributed by atoms with van der Waals surface area (Å²) in [6.45, 7) is 3.12. The highest BCUT2D eigenvalue weighted by Crippen LogP contribution is 2.31. The molecule has 3 aromatic heterocycles. The third-order valence-electron chi connectivity index (χ3n) is 4.58. The van der Waals surface area contributed by atoms with E-state index in [0.29, 0.717) is 18.9 Å². The molecule has 4 heterocycles. The van der Waals surface area contributed by atoms with Crippen LogP contribution in [0.15, 0.2) is 30.6 Å². The molecule has 0 saturated carbocycles. The summed E-state index contributed by atoms with van der Waals surface area (Å²) in [6, 6.07) is 7.04. The van der Waals surface area contributed by atoms with E-state index in [0.717, 1.165) is 30.4 Å². The quantitative estimate of drug-likeness (QED) is 0.757. The highest BCUT2D eigenvalue weighted by Gasteiger charge is 2.35. The first kappa shape index (κ1) is 17.5. The summed E-state index contributed by atoms with van der Waals surface area (Å²) >= 11 is 0. The summed E-state index contributed by atoms with van der Waals surface area (Å²) in [4.78, 5) is 13.7. The molecule has 10 heteroatoms. The van der Waals surface area contributed by atoms with Gasteiger partial charge in [-0.2, -0.15) is 27.8 Å². The summed E-state index contributed by atoms with van der Waals surface area (Å²) in [7, 11) is 0. The lowest BCUT2D eigenvalue weighted by atomic mass is 10.0. The maximum absolute atomic E-state index is 13.2. The summed E-state index contributed by atoms with van der Waals surface area (Å²) < 4.78 is 40.8. The van der Waals surface area contributed by atoms with Gasteiger partial charge in [0.1, 0.15) is 18.0 Å². The lowest BCUT2D eigenvalue weighted by molar-refractivity contribution is -0.141. The predicted molar refractivity (Wildman–Crippen MR) is 93.6 cm³/mol. The molecule has 1 saturated heterocycles. The van der Waals surface area contributed by atoms with Crippen molar-refractivity contribution in [2.75, 3.05) is 23.3 Å². The van der Waals surface area contributed by atoms with Crippen molar-refractivity contribution < 1.29 is 13.2 Å². The molecule has 0 radical (unpaired) electrons. The number of alkyl halides is 3. The van der Waals surface area contributed by atoms with E-state index < -0.39 is 11.9 Å².